The summed E-state index contributed by atoms with van der Waals surface area (Å²) in [5.74, 6) is 0.882. The number of fused-ring (bicyclic) bond motifs is 1. The molecular formula is C14H13N3S. The maximum atomic E-state index is 4.55. The third-order valence-electron chi connectivity index (χ3n) is 2.84. The molecule has 0 saturated carbocycles. The van der Waals surface area contributed by atoms with E-state index in [0.717, 1.165) is 28.1 Å². The summed E-state index contributed by atoms with van der Waals surface area (Å²) in [4.78, 5) is 13.4. The number of aromatic amines is 1. The van der Waals surface area contributed by atoms with Crippen molar-refractivity contribution >= 4 is 22.9 Å². The maximum Gasteiger partial charge on any atom is 0.178 e. The van der Waals surface area contributed by atoms with E-state index >= 15 is 0 Å². The number of aromatic nitrogens is 3. The number of hydrogen-bond donors (Lipinski definition) is 1. The van der Waals surface area contributed by atoms with Crippen LogP contribution in [0.15, 0.2) is 41.4 Å². The molecule has 0 bridgehead atoms. The lowest BCUT2D eigenvalue weighted by Gasteiger charge is -2.02. The van der Waals surface area contributed by atoms with Crippen LogP contribution in [0.1, 0.15) is 5.56 Å². The van der Waals surface area contributed by atoms with Crippen molar-refractivity contribution in [1.82, 2.24) is 15.0 Å². The van der Waals surface area contributed by atoms with Crippen LogP contribution in [0, 0.1) is 6.92 Å². The minimum absolute atomic E-state index is 0.770. The fourth-order valence-electron chi connectivity index (χ4n) is 1.97. The minimum atomic E-state index is 0.770. The molecule has 3 aromatic rings. The van der Waals surface area contributed by atoms with Gasteiger partial charge in [0.05, 0.1) is 5.52 Å². The van der Waals surface area contributed by atoms with Crippen molar-refractivity contribution in [3.8, 4) is 11.4 Å². The van der Waals surface area contributed by atoms with Crippen LogP contribution in [-0.2, 0) is 0 Å². The topological polar surface area (TPSA) is 41.6 Å². The van der Waals surface area contributed by atoms with E-state index in [1.807, 2.05) is 25.3 Å². The van der Waals surface area contributed by atoms with Crippen molar-refractivity contribution in [3.05, 3.63) is 42.1 Å². The fourth-order valence-corrected chi connectivity index (χ4v) is 2.57. The van der Waals surface area contributed by atoms with Gasteiger partial charge >= 0.3 is 0 Å². The second kappa shape index (κ2) is 4.46. The Labute approximate surface area is 110 Å². The Morgan fingerprint density at radius 1 is 1.22 bits per heavy atom. The van der Waals surface area contributed by atoms with Crippen molar-refractivity contribution in [1.29, 1.82) is 0 Å². The second-order valence-corrected chi connectivity index (χ2v) is 5.02. The number of imidazole rings is 1. The molecule has 0 spiro atoms. The number of thioether (sulfide) groups is 1. The van der Waals surface area contributed by atoms with Crippen LogP contribution in [0.2, 0.25) is 0 Å². The fraction of sp³-hybridized carbons (Fsp3) is 0.143. The number of hydrogen-bond acceptors (Lipinski definition) is 3. The summed E-state index contributed by atoms with van der Waals surface area (Å²) in [6, 6.07) is 10.3. The van der Waals surface area contributed by atoms with Crippen molar-refractivity contribution in [2.75, 3.05) is 6.26 Å². The standard InChI is InChI=1S/C14H13N3S/c1-9-7-11-14(15-8-9)17-13(16-11)10-5-3-4-6-12(10)18-2/h3-8H,1-2H3,(H,15,16,17). The molecule has 1 aromatic carbocycles. The molecule has 90 valence electrons. The second-order valence-electron chi connectivity index (χ2n) is 4.17. The monoisotopic (exact) mass is 255 g/mol. The quantitative estimate of drug-likeness (QED) is 0.711. The Morgan fingerprint density at radius 3 is 2.89 bits per heavy atom. The Bertz CT molecular complexity index is 703. The van der Waals surface area contributed by atoms with Crippen LogP contribution in [0.3, 0.4) is 0 Å². The number of H-pyrrole nitrogens is 1. The lowest BCUT2D eigenvalue weighted by atomic mass is 10.2. The highest BCUT2D eigenvalue weighted by atomic mass is 32.2. The first kappa shape index (κ1) is 11.3. The zero-order chi connectivity index (χ0) is 12.5. The molecule has 4 heteroatoms. The molecule has 0 atom stereocenters. The zero-order valence-corrected chi connectivity index (χ0v) is 11.1. The molecule has 0 aliphatic heterocycles. The summed E-state index contributed by atoms with van der Waals surface area (Å²) in [6.45, 7) is 2.03. The van der Waals surface area contributed by atoms with Gasteiger partial charge in [0.2, 0.25) is 0 Å². The van der Waals surface area contributed by atoms with Crippen molar-refractivity contribution < 1.29 is 0 Å². The van der Waals surface area contributed by atoms with E-state index in [9.17, 15) is 0 Å². The van der Waals surface area contributed by atoms with Crippen LogP contribution in [-0.4, -0.2) is 21.2 Å². The van der Waals surface area contributed by atoms with Gasteiger partial charge < -0.3 is 4.98 Å². The SMILES string of the molecule is CSc1ccccc1-c1nc2ncc(C)cc2[nH]1. The summed E-state index contributed by atoms with van der Waals surface area (Å²) in [7, 11) is 0. The molecule has 0 unspecified atom stereocenters. The van der Waals surface area contributed by atoms with E-state index in [1.165, 1.54) is 4.90 Å². The molecule has 2 aromatic heterocycles. The molecule has 1 N–H and O–H groups in total. The van der Waals surface area contributed by atoms with Gasteiger partial charge in [-0.3, -0.25) is 0 Å². The lowest BCUT2D eigenvalue weighted by molar-refractivity contribution is 1.26. The molecular weight excluding hydrogens is 242 g/mol. The van der Waals surface area contributed by atoms with Crippen molar-refractivity contribution in [2.45, 2.75) is 11.8 Å². The molecule has 3 rings (SSSR count). The maximum absolute atomic E-state index is 4.55. The first-order chi connectivity index (χ1) is 8.78. The number of benzene rings is 1. The number of aryl methyl sites for hydroxylation is 1. The van der Waals surface area contributed by atoms with Crippen LogP contribution >= 0.6 is 11.8 Å². The van der Waals surface area contributed by atoms with Crippen LogP contribution in [0.25, 0.3) is 22.6 Å². The Hall–Kier alpha value is -1.81. The van der Waals surface area contributed by atoms with E-state index < -0.39 is 0 Å². The summed E-state index contributed by atoms with van der Waals surface area (Å²) in [5.41, 5.74) is 4.02. The van der Waals surface area contributed by atoms with Crippen molar-refractivity contribution in [3.63, 3.8) is 0 Å². The zero-order valence-electron chi connectivity index (χ0n) is 10.3. The molecule has 0 amide bonds. The van der Waals surface area contributed by atoms with E-state index in [-0.39, 0.29) is 0 Å². The molecule has 18 heavy (non-hydrogen) atoms. The number of nitrogens with zero attached hydrogens (tertiary/aromatic N) is 2. The smallest absolute Gasteiger partial charge is 0.178 e. The van der Waals surface area contributed by atoms with E-state index in [4.69, 9.17) is 0 Å². The third-order valence-corrected chi connectivity index (χ3v) is 3.63. The van der Waals surface area contributed by atoms with Gasteiger partial charge in [0.25, 0.3) is 0 Å². The van der Waals surface area contributed by atoms with Gasteiger partial charge in [-0.2, -0.15) is 0 Å². The molecule has 2 heterocycles. The number of rotatable bonds is 2. The number of pyridine rings is 1. The highest BCUT2D eigenvalue weighted by molar-refractivity contribution is 7.98. The lowest BCUT2D eigenvalue weighted by Crippen LogP contribution is -1.83. The van der Waals surface area contributed by atoms with Crippen LogP contribution in [0.4, 0.5) is 0 Å². The molecule has 0 saturated heterocycles. The van der Waals surface area contributed by atoms with Crippen molar-refractivity contribution in [2.24, 2.45) is 0 Å². The van der Waals surface area contributed by atoms with Gasteiger partial charge in [-0.15, -0.1) is 11.8 Å². The van der Waals surface area contributed by atoms with E-state index in [1.54, 1.807) is 11.8 Å². The molecule has 0 aliphatic carbocycles. The summed E-state index contributed by atoms with van der Waals surface area (Å²) in [5, 5.41) is 0. The van der Waals surface area contributed by atoms with Gasteiger partial charge in [0.15, 0.2) is 5.65 Å². The van der Waals surface area contributed by atoms with Gasteiger partial charge in [-0.25, -0.2) is 9.97 Å². The predicted molar refractivity (Wildman–Crippen MR) is 75.8 cm³/mol. The van der Waals surface area contributed by atoms with Crippen LogP contribution in [0.5, 0.6) is 0 Å². The molecule has 3 nitrogen and oxygen atoms in total. The Kier molecular flexibility index (Phi) is 2.80. The summed E-state index contributed by atoms with van der Waals surface area (Å²) >= 11 is 1.72. The van der Waals surface area contributed by atoms with Crippen LogP contribution < -0.4 is 0 Å². The molecule has 0 fully saturated rings. The van der Waals surface area contributed by atoms with E-state index in [2.05, 4.69) is 39.4 Å². The molecule has 0 radical (unpaired) electrons. The predicted octanol–water partition coefficient (Wildman–Crippen LogP) is 3.66. The van der Waals surface area contributed by atoms with Gasteiger partial charge in [0, 0.05) is 16.7 Å². The largest absolute Gasteiger partial charge is 0.337 e. The first-order valence-electron chi connectivity index (χ1n) is 5.73. The minimum Gasteiger partial charge on any atom is -0.337 e. The summed E-state index contributed by atoms with van der Waals surface area (Å²) in [6.07, 6.45) is 3.91. The Balaban J connectivity index is 2.19. The average molecular weight is 255 g/mol. The molecule has 0 aliphatic rings. The highest BCUT2D eigenvalue weighted by Crippen LogP contribution is 2.29. The average Bonchev–Trinajstić information content (AvgIpc) is 2.81. The third kappa shape index (κ3) is 1.88. The van der Waals surface area contributed by atoms with E-state index in [0.29, 0.717) is 0 Å². The van der Waals surface area contributed by atoms with Gasteiger partial charge in [0.1, 0.15) is 5.82 Å². The first-order valence-corrected chi connectivity index (χ1v) is 6.96. The Morgan fingerprint density at radius 2 is 2.06 bits per heavy atom. The van der Waals surface area contributed by atoms with Gasteiger partial charge in [-0.1, -0.05) is 18.2 Å². The highest BCUT2D eigenvalue weighted by Gasteiger charge is 2.09. The summed E-state index contributed by atoms with van der Waals surface area (Å²) < 4.78 is 0. The number of nitrogens with one attached hydrogen (secondary N) is 1. The van der Waals surface area contributed by atoms with Gasteiger partial charge in [-0.05, 0) is 30.9 Å². The normalized spacial score (nSPS) is 11.0.